The van der Waals surface area contributed by atoms with Crippen LogP contribution in [-0.2, 0) is 11.3 Å². The molecule has 0 unspecified atom stereocenters. The zero-order valence-electron chi connectivity index (χ0n) is 6.08. The highest BCUT2D eigenvalue weighted by atomic mass is 16.1. The van der Waals surface area contributed by atoms with Gasteiger partial charge >= 0.3 is 0 Å². The Morgan fingerprint density at radius 1 is 1.36 bits per heavy atom. The highest BCUT2D eigenvalue weighted by Gasteiger charge is 1.89. The van der Waals surface area contributed by atoms with Crippen LogP contribution in [0.5, 0.6) is 0 Å². The van der Waals surface area contributed by atoms with Crippen molar-refractivity contribution in [1.82, 2.24) is 5.32 Å². The van der Waals surface area contributed by atoms with Crippen LogP contribution in [0.3, 0.4) is 0 Å². The fourth-order valence-corrected chi connectivity index (χ4v) is 0.795. The minimum absolute atomic E-state index is 0.559. The van der Waals surface area contributed by atoms with Gasteiger partial charge in [-0.25, -0.2) is 0 Å². The summed E-state index contributed by atoms with van der Waals surface area (Å²) in [5.74, 6) is 0. The molecule has 11 heavy (non-hydrogen) atoms. The Labute approximate surface area is 65.2 Å². The molecule has 0 spiro atoms. The lowest BCUT2D eigenvalue weighted by Gasteiger charge is -1.98. The van der Waals surface area contributed by atoms with Gasteiger partial charge in [-0.1, -0.05) is 12.1 Å². The van der Waals surface area contributed by atoms with E-state index in [4.69, 9.17) is 5.73 Å². The predicted molar refractivity (Wildman–Crippen MR) is 43.8 cm³/mol. The summed E-state index contributed by atoms with van der Waals surface area (Å²) >= 11 is 0. The van der Waals surface area contributed by atoms with Gasteiger partial charge in [-0.2, -0.15) is 0 Å². The van der Waals surface area contributed by atoms with Crippen molar-refractivity contribution in [1.29, 1.82) is 0 Å². The molecule has 1 amide bonds. The van der Waals surface area contributed by atoms with Crippen LogP contribution in [0.15, 0.2) is 24.3 Å². The lowest BCUT2D eigenvalue weighted by Crippen LogP contribution is -2.09. The topological polar surface area (TPSA) is 55.1 Å². The Kier molecular flexibility index (Phi) is 2.49. The highest BCUT2D eigenvalue weighted by Crippen LogP contribution is 2.04. The zero-order valence-corrected chi connectivity index (χ0v) is 6.08. The van der Waals surface area contributed by atoms with Crippen LogP contribution in [0.25, 0.3) is 0 Å². The summed E-state index contributed by atoms with van der Waals surface area (Å²) < 4.78 is 0. The van der Waals surface area contributed by atoms with Gasteiger partial charge in [0.2, 0.25) is 6.41 Å². The van der Waals surface area contributed by atoms with Crippen molar-refractivity contribution in [2.45, 2.75) is 6.54 Å². The monoisotopic (exact) mass is 150 g/mol. The average Bonchev–Trinajstić information content (AvgIpc) is 2.04. The molecule has 1 aromatic rings. The van der Waals surface area contributed by atoms with E-state index in [1.165, 1.54) is 0 Å². The standard InChI is InChI=1S/C8H10N2O/c9-8-3-1-7(2-4-8)5-10-6-11/h1-4,6H,5,9H2,(H,10,11). The third-order valence-corrected chi connectivity index (χ3v) is 1.37. The molecule has 0 radical (unpaired) electrons. The Morgan fingerprint density at radius 3 is 2.55 bits per heavy atom. The Morgan fingerprint density at radius 2 is 2.00 bits per heavy atom. The maximum atomic E-state index is 9.91. The summed E-state index contributed by atoms with van der Waals surface area (Å²) in [4.78, 5) is 9.91. The molecule has 0 bridgehead atoms. The van der Waals surface area contributed by atoms with Crippen molar-refractivity contribution in [2.24, 2.45) is 0 Å². The van der Waals surface area contributed by atoms with Gasteiger partial charge in [0.15, 0.2) is 0 Å². The van der Waals surface area contributed by atoms with Crippen molar-refractivity contribution >= 4 is 12.1 Å². The van der Waals surface area contributed by atoms with E-state index in [-0.39, 0.29) is 0 Å². The maximum Gasteiger partial charge on any atom is 0.207 e. The second-order valence-corrected chi connectivity index (χ2v) is 2.24. The van der Waals surface area contributed by atoms with Crippen molar-refractivity contribution < 1.29 is 4.79 Å². The van der Waals surface area contributed by atoms with Gasteiger partial charge in [0.05, 0.1) is 0 Å². The third-order valence-electron chi connectivity index (χ3n) is 1.37. The molecule has 0 heterocycles. The summed E-state index contributed by atoms with van der Waals surface area (Å²) in [7, 11) is 0. The molecule has 58 valence electrons. The summed E-state index contributed by atoms with van der Waals surface area (Å²) in [6.07, 6.45) is 0.677. The van der Waals surface area contributed by atoms with Gasteiger partial charge in [-0.05, 0) is 17.7 Å². The average molecular weight is 150 g/mol. The number of anilines is 1. The van der Waals surface area contributed by atoms with Gasteiger partial charge in [0.25, 0.3) is 0 Å². The van der Waals surface area contributed by atoms with Crippen molar-refractivity contribution in [3.05, 3.63) is 29.8 Å². The van der Waals surface area contributed by atoms with Crippen LogP contribution in [0.2, 0.25) is 0 Å². The third kappa shape index (κ3) is 2.29. The summed E-state index contributed by atoms with van der Waals surface area (Å²) in [5, 5.41) is 2.56. The number of hydrogen-bond donors (Lipinski definition) is 2. The molecule has 0 atom stereocenters. The van der Waals surface area contributed by atoms with E-state index in [2.05, 4.69) is 5.32 Å². The number of carbonyl (C=O) groups is 1. The van der Waals surface area contributed by atoms with Gasteiger partial charge < -0.3 is 11.1 Å². The second-order valence-electron chi connectivity index (χ2n) is 2.24. The first-order chi connectivity index (χ1) is 5.33. The van der Waals surface area contributed by atoms with Crippen LogP contribution >= 0.6 is 0 Å². The molecule has 3 nitrogen and oxygen atoms in total. The fraction of sp³-hybridized carbons (Fsp3) is 0.125. The first kappa shape index (κ1) is 7.60. The lowest BCUT2D eigenvalue weighted by atomic mass is 10.2. The van der Waals surface area contributed by atoms with Crippen LogP contribution in [0.4, 0.5) is 5.69 Å². The number of carbonyl (C=O) groups excluding carboxylic acids is 1. The molecule has 3 N–H and O–H groups in total. The van der Waals surface area contributed by atoms with Crippen LogP contribution < -0.4 is 11.1 Å². The van der Waals surface area contributed by atoms with Crippen LogP contribution in [0.1, 0.15) is 5.56 Å². The molecule has 0 saturated heterocycles. The molecule has 1 rings (SSSR count). The Balaban J connectivity index is 2.58. The SMILES string of the molecule is Nc1ccc(CNC=O)cc1. The Bertz CT molecular complexity index is 230. The minimum atomic E-state index is 0.559. The van der Waals surface area contributed by atoms with E-state index < -0.39 is 0 Å². The largest absolute Gasteiger partial charge is 0.399 e. The van der Waals surface area contributed by atoms with E-state index >= 15 is 0 Å². The van der Waals surface area contributed by atoms with E-state index in [1.807, 2.05) is 24.3 Å². The summed E-state index contributed by atoms with van der Waals surface area (Å²) in [5.41, 5.74) is 7.25. The number of nitrogen functional groups attached to an aromatic ring is 1. The number of nitrogens with one attached hydrogen (secondary N) is 1. The van der Waals surface area contributed by atoms with Gasteiger partial charge in [0, 0.05) is 12.2 Å². The Hall–Kier alpha value is -1.51. The molecular formula is C8H10N2O. The molecule has 0 aliphatic carbocycles. The molecule has 0 aromatic heterocycles. The quantitative estimate of drug-likeness (QED) is 0.487. The van der Waals surface area contributed by atoms with Crippen LogP contribution in [0, 0.1) is 0 Å². The first-order valence-electron chi connectivity index (χ1n) is 3.34. The first-order valence-corrected chi connectivity index (χ1v) is 3.34. The molecule has 0 saturated carbocycles. The van der Waals surface area contributed by atoms with Crippen molar-refractivity contribution in [3.8, 4) is 0 Å². The number of benzene rings is 1. The van der Waals surface area contributed by atoms with Gasteiger partial charge in [-0.15, -0.1) is 0 Å². The number of amides is 1. The molecule has 3 heteroatoms. The second kappa shape index (κ2) is 3.61. The molecule has 0 aliphatic rings. The van der Waals surface area contributed by atoms with E-state index in [0.29, 0.717) is 13.0 Å². The highest BCUT2D eigenvalue weighted by molar-refractivity contribution is 5.47. The lowest BCUT2D eigenvalue weighted by molar-refractivity contribution is -0.109. The minimum Gasteiger partial charge on any atom is -0.399 e. The van der Waals surface area contributed by atoms with Crippen LogP contribution in [-0.4, -0.2) is 6.41 Å². The van der Waals surface area contributed by atoms with Gasteiger partial charge in [0.1, 0.15) is 0 Å². The van der Waals surface area contributed by atoms with Crippen molar-refractivity contribution in [3.63, 3.8) is 0 Å². The molecular weight excluding hydrogens is 140 g/mol. The fourth-order valence-electron chi connectivity index (χ4n) is 0.795. The van der Waals surface area contributed by atoms with Crippen molar-refractivity contribution in [2.75, 3.05) is 5.73 Å². The number of nitrogens with two attached hydrogens (primary N) is 1. The number of hydrogen-bond acceptors (Lipinski definition) is 2. The van der Waals surface area contributed by atoms with Gasteiger partial charge in [-0.3, -0.25) is 4.79 Å². The molecule has 0 fully saturated rings. The van der Waals surface area contributed by atoms with E-state index in [1.54, 1.807) is 0 Å². The molecule has 0 aliphatic heterocycles. The summed E-state index contributed by atoms with van der Waals surface area (Å²) in [6, 6.07) is 7.38. The smallest absolute Gasteiger partial charge is 0.207 e. The molecule has 1 aromatic carbocycles. The van der Waals surface area contributed by atoms with E-state index in [0.717, 1.165) is 11.3 Å². The zero-order chi connectivity index (χ0) is 8.10. The summed E-state index contributed by atoms with van der Waals surface area (Å²) in [6.45, 7) is 0.559. The predicted octanol–water partition coefficient (Wildman–Crippen LogP) is 0.515. The maximum absolute atomic E-state index is 9.91. The van der Waals surface area contributed by atoms with E-state index in [9.17, 15) is 4.79 Å². The number of rotatable bonds is 3. The normalized spacial score (nSPS) is 9.09.